The average Bonchev–Trinajstić information content (AvgIpc) is 2.77. The summed E-state index contributed by atoms with van der Waals surface area (Å²) in [4.78, 5) is 11.3. The molecule has 4 aliphatic rings. The monoisotopic (exact) mass is 558 g/mol. The zero-order valence-corrected chi connectivity index (χ0v) is 21.4. The highest BCUT2D eigenvalue weighted by atomic mass is 127. The van der Waals surface area contributed by atoms with Crippen molar-refractivity contribution in [3.63, 3.8) is 0 Å². The molecule has 174 valence electrons. The maximum Gasteiger partial charge on any atom is 0.335 e. The minimum absolute atomic E-state index is 0.229. The van der Waals surface area contributed by atoms with Crippen molar-refractivity contribution in [3.8, 4) is 11.5 Å². The van der Waals surface area contributed by atoms with E-state index in [0.717, 1.165) is 39.1 Å². The normalized spacial score (nSPS) is 28.1. The maximum atomic E-state index is 11.3. The Morgan fingerprint density at radius 1 is 1.06 bits per heavy atom. The van der Waals surface area contributed by atoms with Crippen molar-refractivity contribution in [1.29, 1.82) is 0 Å². The van der Waals surface area contributed by atoms with E-state index in [2.05, 4.69) is 47.7 Å². The van der Waals surface area contributed by atoms with Gasteiger partial charge >= 0.3 is 5.97 Å². The first kappa shape index (κ1) is 22.8. The van der Waals surface area contributed by atoms with Crippen molar-refractivity contribution >= 4 is 28.6 Å². The van der Waals surface area contributed by atoms with Crippen LogP contribution in [0.4, 0.5) is 0 Å². The number of allylic oxidation sites excluding steroid dienone is 1. The summed E-state index contributed by atoms with van der Waals surface area (Å²) in [5, 5.41) is 9.25. The Morgan fingerprint density at radius 3 is 2.33 bits per heavy atom. The van der Waals surface area contributed by atoms with Crippen LogP contribution >= 0.6 is 22.6 Å². The maximum absolute atomic E-state index is 11.3. The second-order valence-electron chi connectivity index (χ2n) is 10.4. The molecule has 1 N–H and O–H groups in total. The fourth-order valence-corrected chi connectivity index (χ4v) is 7.44. The molecule has 5 heteroatoms. The molecule has 0 atom stereocenters. The van der Waals surface area contributed by atoms with Gasteiger partial charge in [0.1, 0.15) is 11.5 Å². The number of rotatable bonds is 7. The molecule has 4 saturated carbocycles. The lowest BCUT2D eigenvalue weighted by atomic mass is 9.48. The Morgan fingerprint density at radius 2 is 1.73 bits per heavy atom. The molecule has 0 aromatic heterocycles. The van der Waals surface area contributed by atoms with E-state index in [9.17, 15) is 9.90 Å². The zero-order chi connectivity index (χ0) is 23.2. The quantitative estimate of drug-likeness (QED) is 0.294. The zero-order valence-electron chi connectivity index (χ0n) is 19.3. The number of benzene rings is 2. The molecule has 4 fully saturated rings. The second kappa shape index (κ2) is 8.97. The van der Waals surface area contributed by atoms with Crippen LogP contribution in [0.1, 0.15) is 66.9 Å². The molecule has 2 aromatic rings. The number of carbonyl (C=O) groups is 1. The molecule has 33 heavy (non-hydrogen) atoms. The van der Waals surface area contributed by atoms with Crippen LogP contribution in [0.5, 0.6) is 11.5 Å². The number of ether oxygens (including phenoxy) is 2. The van der Waals surface area contributed by atoms with Crippen LogP contribution in [-0.2, 0) is 11.8 Å². The molecule has 0 aliphatic heterocycles. The van der Waals surface area contributed by atoms with Gasteiger partial charge in [0, 0.05) is 5.56 Å². The lowest BCUT2D eigenvalue weighted by Crippen LogP contribution is -2.48. The SMILES string of the molecule is COc1ccc(CC(C)=COc2cc(C(=O)O)ccc2I)cc1C12CC3CC(CC(C3)C1)C2. The number of methoxy groups -OCH3 is 1. The number of halogens is 1. The van der Waals surface area contributed by atoms with Crippen LogP contribution in [0.15, 0.2) is 48.2 Å². The number of hydrogen-bond donors (Lipinski definition) is 1. The van der Waals surface area contributed by atoms with Gasteiger partial charge in [-0.3, -0.25) is 0 Å². The number of hydrogen-bond acceptors (Lipinski definition) is 3. The third kappa shape index (κ3) is 4.53. The lowest BCUT2D eigenvalue weighted by molar-refractivity contribution is -0.00618. The summed E-state index contributed by atoms with van der Waals surface area (Å²) >= 11 is 2.16. The van der Waals surface area contributed by atoms with Gasteiger partial charge in [-0.2, -0.15) is 0 Å². The van der Waals surface area contributed by atoms with Crippen LogP contribution in [-0.4, -0.2) is 18.2 Å². The minimum atomic E-state index is -0.951. The van der Waals surface area contributed by atoms with Gasteiger partial charge < -0.3 is 14.6 Å². The molecular formula is C28H31IO4. The largest absolute Gasteiger partial charge is 0.496 e. The topological polar surface area (TPSA) is 55.8 Å². The molecule has 0 heterocycles. The van der Waals surface area contributed by atoms with Gasteiger partial charge in [-0.25, -0.2) is 4.79 Å². The first-order valence-electron chi connectivity index (χ1n) is 11.9. The molecule has 0 unspecified atom stereocenters. The summed E-state index contributed by atoms with van der Waals surface area (Å²) in [7, 11) is 1.80. The lowest BCUT2D eigenvalue weighted by Gasteiger charge is -2.57. The molecular weight excluding hydrogens is 527 g/mol. The Labute approximate surface area is 209 Å². The van der Waals surface area contributed by atoms with Crippen molar-refractivity contribution in [2.75, 3.05) is 7.11 Å². The first-order chi connectivity index (χ1) is 15.8. The van der Waals surface area contributed by atoms with Gasteiger partial charge in [0.25, 0.3) is 0 Å². The van der Waals surface area contributed by atoms with Gasteiger partial charge in [-0.05, 0) is 133 Å². The highest BCUT2D eigenvalue weighted by Crippen LogP contribution is 2.61. The van der Waals surface area contributed by atoms with Crippen molar-refractivity contribution in [2.45, 2.75) is 57.3 Å². The Hall–Kier alpha value is -2.02. The van der Waals surface area contributed by atoms with Gasteiger partial charge in [-0.15, -0.1) is 0 Å². The molecule has 6 rings (SSSR count). The average molecular weight is 558 g/mol. The molecule has 0 spiro atoms. The van der Waals surface area contributed by atoms with Gasteiger partial charge in [0.15, 0.2) is 0 Å². The molecule has 4 bridgehead atoms. The Bertz CT molecular complexity index is 1070. The third-order valence-electron chi connectivity index (χ3n) is 7.92. The van der Waals surface area contributed by atoms with E-state index in [1.54, 1.807) is 31.6 Å². The third-order valence-corrected chi connectivity index (χ3v) is 8.81. The van der Waals surface area contributed by atoms with E-state index in [1.165, 1.54) is 49.7 Å². The summed E-state index contributed by atoms with van der Waals surface area (Å²) < 4.78 is 12.6. The summed E-state index contributed by atoms with van der Waals surface area (Å²) in [6, 6.07) is 11.6. The number of carboxylic acids is 1. The molecule has 4 aliphatic carbocycles. The fraction of sp³-hybridized carbons (Fsp3) is 0.464. The highest BCUT2D eigenvalue weighted by Gasteiger charge is 2.52. The second-order valence-corrected chi connectivity index (χ2v) is 11.6. The standard InChI is InChI=1S/C28H31IO4/c1-17(16-33-26-12-22(27(30)31)4-5-24(26)29)7-18-3-6-25(32-2)23(11-18)28-13-19-8-20(14-28)10-21(9-19)15-28/h3-6,11-12,16,19-21H,7-10,13-15H2,1-2H3,(H,30,31). The number of carboxylic acid groups (broad SMARTS) is 1. The molecule has 0 radical (unpaired) electrons. The van der Waals surface area contributed by atoms with Crippen LogP contribution in [0.2, 0.25) is 0 Å². The predicted molar refractivity (Wildman–Crippen MR) is 137 cm³/mol. The molecule has 4 nitrogen and oxygen atoms in total. The van der Waals surface area contributed by atoms with E-state index >= 15 is 0 Å². The van der Waals surface area contributed by atoms with Crippen molar-refractivity contribution < 1.29 is 19.4 Å². The summed E-state index contributed by atoms with van der Waals surface area (Å²) in [5.74, 6) is 3.33. The molecule has 0 saturated heterocycles. The van der Waals surface area contributed by atoms with Crippen LogP contribution in [0, 0.1) is 21.3 Å². The van der Waals surface area contributed by atoms with Crippen molar-refractivity contribution in [3.05, 3.63) is 68.5 Å². The summed E-state index contributed by atoms with van der Waals surface area (Å²) in [6.45, 7) is 2.06. The summed E-state index contributed by atoms with van der Waals surface area (Å²) in [6.07, 6.45) is 10.8. The molecule has 0 amide bonds. The van der Waals surface area contributed by atoms with Crippen LogP contribution in [0.3, 0.4) is 0 Å². The van der Waals surface area contributed by atoms with Gasteiger partial charge in [0.2, 0.25) is 0 Å². The van der Waals surface area contributed by atoms with Crippen molar-refractivity contribution in [1.82, 2.24) is 0 Å². The van der Waals surface area contributed by atoms with E-state index in [4.69, 9.17) is 9.47 Å². The first-order valence-corrected chi connectivity index (χ1v) is 13.0. The summed E-state index contributed by atoms with van der Waals surface area (Å²) in [5.41, 5.74) is 4.30. The van der Waals surface area contributed by atoms with Gasteiger partial charge in [-0.1, -0.05) is 12.1 Å². The minimum Gasteiger partial charge on any atom is -0.496 e. The highest BCUT2D eigenvalue weighted by molar-refractivity contribution is 14.1. The molecule has 2 aromatic carbocycles. The van der Waals surface area contributed by atoms with Crippen LogP contribution in [0.25, 0.3) is 0 Å². The smallest absolute Gasteiger partial charge is 0.335 e. The Kier molecular flexibility index (Phi) is 6.19. The van der Waals surface area contributed by atoms with Gasteiger partial charge in [0.05, 0.1) is 22.5 Å². The fourth-order valence-electron chi connectivity index (χ4n) is 6.97. The van der Waals surface area contributed by atoms with Crippen molar-refractivity contribution in [2.24, 2.45) is 17.8 Å². The van der Waals surface area contributed by atoms with Crippen LogP contribution < -0.4 is 9.47 Å². The van der Waals surface area contributed by atoms with E-state index < -0.39 is 5.97 Å². The Balaban J connectivity index is 1.37. The predicted octanol–water partition coefficient (Wildman–Crippen LogP) is 6.99. The van der Waals surface area contributed by atoms with E-state index in [0.29, 0.717) is 5.75 Å². The van der Waals surface area contributed by atoms with E-state index in [1.807, 2.05) is 0 Å². The van der Waals surface area contributed by atoms with E-state index in [-0.39, 0.29) is 11.0 Å². The number of aromatic carboxylic acids is 1.